The molecule has 0 unspecified atom stereocenters. The van der Waals surface area contributed by atoms with Gasteiger partial charge in [0, 0.05) is 11.3 Å². The quantitative estimate of drug-likeness (QED) is 0.756. The van der Waals surface area contributed by atoms with Crippen molar-refractivity contribution in [3.8, 4) is 11.5 Å². The van der Waals surface area contributed by atoms with Gasteiger partial charge in [-0.25, -0.2) is 4.98 Å². The molecule has 0 fully saturated rings. The van der Waals surface area contributed by atoms with Gasteiger partial charge < -0.3 is 14.2 Å². The molecule has 0 radical (unpaired) electrons. The minimum Gasteiger partial charge on any atom is -0.447 e. The predicted molar refractivity (Wildman–Crippen MR) is 63.6 cm³/mol. The molecule has 3 aromatic rings. The number of nitrogens with one attached hydrogen (secondary N) is 1. The molecule has 0 bridgehead atoms. The summed E-state index contributed by atoms with van der Waals surface area (Å²) >= 11 is 0. The van der Waals surface area contributed by atoms with Crippen molar-refractivity contribution in [2.45, 2.75) is 6.54 Å². The fourth-order valence-electron chi connectivity index (χ4n) is 1.58. The molecule has 2 heterocycles. The lowest BCUT2D eigenvalue weighted by Gasteiger charge is -2.04. The van der Waals surface area contributed by atoms with E-state index in [1.165, 1.54) is 12.8 Å². The molecular weight excluding hydrogens is 232 g/mol. The molecule has 0 aliphatic rings. The van der Waals surface area contributed by atoms with Gasteiger partial charge in [0.05, 0.1) is 12.7 Å². The standard InChI is InChI=1S/C12H10N4O2/c1-2-9(12-16-15-8-18-12)4-10(3-1)14-6-11-5-13-7-17-11/h1-5,7-8,14H,6H2. The van der Waals surface area contributed by atoms with Gasteiger partial charge in [-0.15, -0.1) is 10.2 Å². The van der Waals surface area contributed by atoms with Crippen LogP contribution in [0.1, 0.15) is 5.76 Å². The molecule has 0 spiro atoms. The van der Waals surface area contributed by atoms with Crippen molar-refractivity contribution >= 4 is 5.69 Å². The van der Waals surface area contributed by atoms with Crippen LogP contribution in [-0.4, -0.2) is 15.2 Å². The molecule has 0 saturated heterocycles. The third kappa shape index (κ3) is 2.22. The number of benzene rings is 1. The first-order valence-corrected chi connectivity index (χ1v) is 5.40. The predicted octanol–water partition coefficient (Wildman–Crippen LogP) is 2.34. The molecule has 0 saturated carbocycles. The normalized spacial score (nSPS) is 10.4. The van der Waals surface area contributed by atoms with Crippen LogP contribution in [0.3, 0.4) is 0 Å². The maximum absolute atomic E-state index is 5.15. The highest BCUT2D eigenvalue weighted by Gasteiger charge is 2.04. The van der Waals surface area contributed by atoms with Crippen LogP contribution in [0.15, 0.2) is 52.1 Å². The summed E-state index contributed by atoms with van der Waals surface area (Å²) in [5.74, 6) is 1.27. The van der Waals surface area contributed by atoms with Crippen molar-refractivity contribution in [1.29, 1.82) is 0 Å². The maximum Gasteiger partial charge on any atom is 0.247 e. The van der Waals surface area contributed by atoms with Gasteiger partial charge in [0.15, 0.2) is 6.39 Å². The third-order valence-electron chi connectivity index (χ3n) is 2.42. The molecule has 6 nitrogen and oxygen atoms in total. The lowest BCUT2D eigenvalue weighted by Crippen LogP contribution is -1.98. The molecular formula is C12H10N4O2. The Balaban J connectivity index is 1.75. The number of aromatic nitrogens is 3. The lowest BCUT2D eigenvalue weighted by molar-refractivity contribution is 0.512. The van der Waals surface area contributed by atoms with Gasteiger partial charge in [-0.3, -0.25) is 0 Å². The van der Waals surface area contributed by atoms with E-state index in [0.717, 1.165) is 17.0 Å². The molecule has 1 aromatic carbocycles. The van der Waals surface area contributed by atoms with E-state index in [1.807, 2.05) is 24.3 Å². The number of hydrogen-bond acceptors (Lipinski definition) is 6. The number of hydrogen-bond donors (Lipinski definition) is 1. The lowest BCUT2D eigenvalue weighted by atomic mass is 10.2. The second-order valence-electron chi connectivity index (χ2n) is 3.65. The first-order valence-electron chi connectivity index (χ1n) is 5.40. The Hall–Kier alpha value is -2.63. The van der Waals surface area contributed by atoms with Crippen LogP contribution in [0.5, 0.6) is 0 Å². The van der Waals surface area contributed by atoms with E-state index >= 15 is 0 Å². The molecule has 6 heteroatoms. The van der Waals surface area contributed by atoms with Crippen LogP contribution in [0, 0.1) is 0 Å². The van der Waals surface area contributed by atoms with Gasteiger partial charge in [-0.2, -0.15) is 0 Å². The molecule has 0 amide bonds. The summed E-state index contributed by atoms with van der Waals surface area (Å²) in [7, 11) is 0. The average Bonchev–Trinajstić information content (AvgIpc) is 3.10. The van der Waals surface area contributed by atoms with Crippen molar-refractivity contribution < 1.29 is 8.83 Å². The zero-order valence-electron chi connectivity index (χ0n) is 9.41. The molecule has 3 rings (SSSR count). The van der Waals surface area contributed by atoms with Crippen molar-refractivity contribution in [2.75, 3.05) is 5.32 Å². The Morgan fingerprint density at radius 3 is 2.94 bits per heavy atom. The van der Waals surface area contributed by atoms with Crippen molar-refractivity contribution in [3.05, 3.63) is 49.0 Å². The van der Waals surface area contributed by atoms with Crippen LogP contribution in [0.4, 0.5) is 5.69 Å². The van der Waals surface area contributed by atoms with E-state index in [2.05, 4.69) is 20.5 Å². The fraction of sp³-hybridized carbons (Fsp3) is 0.0833. The number of oxazole rings is 1. The fourth-order valence-corrected chi connectivity index (χ4v) is 1.58. The second kappa shape index (κ2) is 4.70. The summed E-state index contributed by atoms with van der Waals surface area (Å²) in [6, 6.07) is 7.72. The van der Waals surface area contributed by atoms with Gasteiger partial charge in [0.2, 0.25) is 12.3 Å². The largest absolute Gasteiger partial charge is 0.447 e. The van der Waals surface area contributed by atoms with Crippen LogP contribution in [0.2, 0.25) is 0 Å². The van der Waals surface area contributed by atoms with E-state index in [4.69, 9.17) is 8.83 Å². The van der Waals surface area contributed by atoms with E-state index in [-0.39, 0.29) is 0 Å². The minimum absolute atomic E-state index is 0.498. The Morgan fingerprint density at radius 2 is 2.17 bits per heavy atom. The van der Waals surface area contributed by atoms with E-state index in [9.17, 15) is 0 Å². The van der Waals surface area contributed by atoms with E-state index in [0.29, 0.717) is 12.4 Å². The number of rotatable bonds is 4. The smallest absolute Gasteiger partial charge is 0.247 e. The molecule has 1 N–H and O–H groups in total. The van der Waals surface area contributed by atoms with Crippen LogP contribution >= 0.6 is 0 Å². The summed E-state index contributed by atoms with van der Waals surface area (Å²) in [5.41, 5.74) is 1.82. The van der Waals surface area contributed by atoms with E-state index in [1.54, 1.807) is 6.20 Å². The first-order chi connectivity index (χ1) is 8.92. The molecule has 90 valence electrons. The second-order valence-corrected chi connectivity index (χ2v) is 3.65. The zero-order valence-corrected chi connectivity index (χ0v) is 9.41. The van der Waals surface area contributed by atoms with Crippen molar-refractivity contribution in [3.63, 3.8) is 0 Å². The van der Waals surface area contributed by atoms with Gasteiger partial charge in [0.1, 0.15) is 5.76 Å². The van der Waals surface area contributed by atoms with Gasteiger partial charge in [0.25, 0.3) is 0 Å². The molecule has 0 aliphatic heterocycles. The van der Waals surface area contributed by atoms with Crippen molar-refractivity contribution in [2.24, 2.45) is 0 Å². The van der Waals surface area contributed by atoms with Crippen LogP contribution < -0.4 is 5.32 Å². The maximum atomic E-state index is 5.15. The highest BCUT2D eigenvalue weighted by Crippen LogP contribution is 2.20. The molecule has 0 aliphatic carbocycles. The summed E-state index contributed by atoms with van der Waals surface area (Å²) in [5, 5.41) is 10.7. The zero-order chi connectivity index (χ0) is 12.2. The van der Waals surface area contributed by atoms with Crippen LogP contribution in [0.25, 0.3) is 11.5 Å². The highest BCUT2D eigenvalue weighted by atomic mass is 16.4. The topological polar surface area (TPSA) is 77.0 Å². The first kappa shape index (κ1) is 10.5. The average molecular weight is 242 g/mol. The number of nitrogens with zero attached hydrogens (tertiary/aromatic N) is 3. The van der Waals surface area contributed by atoms with Crippen molar-refractivity contribution in [1.82, 2.24) is 15.2 Å². The van der Waals surface area contributed by atoms with Crippen LogP contribution in [-0.2, 0) is 6.54 Å². The SMILES string of the molecule is c1cc(NCc2cnco2)cc(-c2nnco2)c1. The summed E-state index contributed by atoms with van der Waals surface area (Å²) in [6.45, 7) is 0.577. The molecule has 0 atom stereocenters. The Kier molecular flexibility index (Phi) is 2.75. The summed E-state index contributed by atoms with van der Waals surface area (Å²) in [6.07, 6.45) is 4.39. The monoisotopic (exact) mass is 242 g/mol. The minimum atomic E-state index is 0.498. The number of anilines is 1. The molecule has 2 aromatic heterocycles. The summed E-state index contributed by atoms with van der Waals surface area (Å²) < 4.78 is 10.3. The Labute approximate surface area is 103 Å². The summed E-state index contributed by atoms with van der Waals surface area (Å²) in [4.78, 5) is 3.85. The van der Waals surface area contributed by atoms with E-state index < -0.39 is 0 Å². The van der Waals surface area contributed by atoms with Gasteiger partial charge in [-0.1, -0.05) is 6.07 Å². The Morgan fingerprint density at radius 1 is 1.17 bits per heavy atom. The molecule has 18 heavy (non-hydrogen) atoms. The van der Waals surface area contributed by atoms with Gasteiger partial charge >= 0.3 is 0 Å². The Bertz CT molecular complexity index is 605. The highest BCUT2D eigenvalue weighted by molar-refractivity contribution is 5.60. The third-order valence-corrected chi connectivity index (χ3v) is 2.42. The van der Waals surface area contributed by atoms with Gasteiger partial charge in [-0.05, 0) is 18.2 Å².